The smallest absolute Gasteiger partial charge is 0.283 e. The van der Waals surface area contributed by atoms with E-state index in [1.54, 1.807) is 12.2 Å². The van der Waals surface area contributed by atoms with Crippen molar-refractivity contribution in [1.82, 2.24) is 0 Å². The second-order valence-electron chi connectivity index (χ2n) is 2.49. The molecule has 58 valence electrons. The zero-order valence-electron chi connectivity index (χ0n) is 6.00. The van der Waals surface area contributed by atoms with Crippen LogP contribution in [0.4, 0.5) is 0 Å². The van der Waals surface area contributed by atoms with Gasteiger partial charge in [0.05, 0.1) is 0 Å². The van der Waals surface area contributed by atoms with Crippen molar-refractivity contribution in [2.75, 3.05) is 13.2 Å². The Labute approximate surface area is 64.3 Å². The van der Waals surface area contributed by atoms with Gasteiger partial charge in [0.1, 0.15) is 13.2 Å². The molecule has 0 atom stereocenters. The normalized spacial score (nSPS) is 22.4. The summed E-state index contributed by atoms with van der Waals surface area (Å²) in [6.45, 7) is 1.20. The molecule has 0 aromatic heterocycles. The van der Waals surface area contributed by atoms with Crippen molar-refractivity contribution in [3.63, 3.8) is 0 Å². The molecule has 2 aliphatic rings. The predicted octanol–water partition coefficient (Wildman–Crippen LogP) is 0.774. The summed E-state index contributed by atoms with van der Waals surface area (Å²) in [5, 5.41) is 0. The molecular weight excluding hydrogens is 144 g/mol. The van der Waals surface area contributed by atoms with Crippen LogP contribution in [0.5, 0.6) is 0 Å². The summed E-state index contributed by atoms with van der Waals surface area (Å²) in [4.78, 5) is 10.8. The third-order valence-electron chi connectivity index (χ3n) is 1.65. The lowest BCUT2D eigenvalue weighted by molar-refractivity contribution is -0.113. The third-order valence-corrected chi connectivity index (χ3v) is 1.65. The highest BCUT2D eigenvalue weighted by molar-refractivity contribution is 5.95. The molecule has 3 nitrogen and oxygen atoms in total. The summed E-state index contributed by atoms with van der Waals surface area (Å²) in [5.74, 6) is 0.652. The van der Waals surface area contributed by atoms with Crippen LogP contribution in [0.3, 0.4) is 0 Å². The Morgan fingerprint density at radius 2 is 1.91 bits per heavy atom. The number of carbonyl (C=O) groups is 1. The number of hydrogen-bond acceptors (Lipinski definition) is 3. The van der Waals surface area contributed by atoms with E-state index >= 15 is 0 Å². The highest BCUT2D eigenvalue weighted by Gasteiger charge is 2.19. The molecule has 0 unspecified atom stereocenters. The van der Waals surface area contributed by atoms with Crippen LogP contribution in [0.2, 0.25) is 0 Å². The van der Waals surface area contributed by atoms with Crippen LogP contribution in [0.1, 0.15) is 6.42 Å². The van der Waals surface area contributed by atoms with Crippen LogP contribution in [0.25, 0.3) is 0 Å². The van der Waals surface area contributed by atoms with Gasteiger partial charge in [-0.25, -0.2) is 0 Å². The minimum atomic E-state index is 0.117. The van der Waals surface area contributed by atoms with Crippen LogP contribution in [0.15, 0.2) is 23.7 Å². The molecule has 1 fully saturated rings. The minimum Gasteiger partial charge on any atom is -0.462 e. The van der Waals surface area contributed by atoms with Gasteiger partial charge in [-0.3, -0.25) is 4.79 Å². The van der Waals surface area contributed by atoms with Crippen molar-refractivity contribution in [3.05, 3.63) is 23.7 Å². The Morgan fingerprint density at radius 1 is 1.18 bits per heavy atom. The third kappa shape index (κ3) is 1.13. The summed E-state index contributed by atoms with van der Waals surface area (Å²) in [5.41, 5.74) is 0.868. The molecule has 1 saturated heterocycles. The van der Waals surface area contributed by atoms with Crippen molar-refractivity contribution in [2.24, 2.45) is 0 Å². The molecule has 1 aliphatic carbocycles. The molecule has 0 aromatic carbocycles. The Hall–Kier alpha value is -1.25. The molecule has 0 aromatic rings. The fraction of sp³-hybridized carbons (Fsp3) is 0.375. The van der Waals surface area contributed by atoms with Gasteiger partial charge in [-0.15, -0.1) is 0 Å². The fourth-order valence-corrected chi connectivity index (χ4v) is 1.14. The molecular formula is C8H8O3. The number of allylic oxidation sites excluding steroid dienone is 3. The molecule has 0 spiro atoms. The predicted molar refractivity (Wildman–Crippen MR) is 37.7 cm³/mol. The molecule has 0 amide bonds. The van der Waals surface area contributed by atoms with Crippen molar-refractivity contribution in [3.8, 4) is 0 Å². The first-order chi connectivity index (χ1) is 5.36. The maximum absolute atomic E-state index is 10.8. The summed E-state index contributed by atoms with van der Waals surface area (Å²) in [6, 6.07) is 0. The van der Waals surface area contributed by atoms with Gasteiger partial charge in [0.15, 0.2) is 5.78 Å². The molecule has 2 rings (SSSR count). The molecule has 11 heavy (non-hydrogen) atoms. The first kappa shape index (κ1) is 6.46. The van der Waals surface area contributed by atoms with Crippen molar-refractivity contribution in [1.29, 1.82) is 0 Å². The minimum absolute atomic E-state index is 0.117. The standard InChI is InChI=1S/C8H8O3/c9-7-2-1-6(5-7)8-10-3-4-11-8/h1-2H,3-5H2. The van der Waals surface area contributed by atoms with Crippen molar-refractivity contribution < 1.29 is 14.3 Å². The highest BCUT2D eigenvalue weighted by atomic mass is 16.7. The average Bonchev–Trinajstić information content (AvgIpc) is 2.55. The van der Waals surface area contributed by atoms with Crippen LogP contribution in [0, 0.1) is 0 Å². The Balaban J connectivity index is 2.21. The maximum atomic E-state index is 10.8. The van der Waals surface area contributed by atoms with Crippen LogP contribution < -0.4 is 0 Å². The zero-order chi connectivity index (χ0) is 7.68. The van der Waals surface area contributed by atoms with Crippen molar-refractivity contribution in [2.45, 2.75) is 6.42 Å². The van der Waals surface area contributed by atoms with E-state index in [-0.39, 0.29) is 5.78 Å². The average molecular weight is 152 g/mol. The molecule has 0 radical (unpaired) electrons. The van der Waals surface area contributed by atoms with E-state index in [4.69, 9.17) is 9.47 Å². The summed E-state index contributed by atoms with van der Waals surface area (Å²) in [6.07, 6.45) is 3.73. The van der Waals surface area contributed by atoms with E-state index < -0.39 is 0 Å². The van der Waals surface area contributed by atoms with Gasteiger partial charge in [-0.1, -0.05) is 0 Å². The van der Waals surface area contributed by atoms with E-state index in [1.165, 1.54) is 0 Å². The van der Waals surface area contributed by atoms with Crippen LogP contribution in [-0.2, 0) is 14.3 Å². The number of ketones is 1. The number of rotatable bonds is 0. The van der Waals surface area contributed by atoms with Gasteiger partial charge >= 0.3 is 0 Å². The summed E-state index contributed by atoms with van der Waals surface area (Å²) < 4.78 is 10.3. The van der Waals surface area contributed by atoms with Gasteiger partial charge in [0, 0.05) is 12.0 Å². The Kier molecular flexibility index (Phi) is 1.42. The molecule has 0 N–H and O–H groups in total. The van der Waals surface area contributed by atoms with E-state index in [0.717, 1.165) is 5.57 Å². The molecule has 1 heterocycles. The zero-order valence-corrected chi connectivity index (χ0v) is 6.00. The van der Waals surface area contributed by atoms with Crippen LogP contribution >= 0.6 is 0 Å². The number of carbonyl (C=O) groups excluding carboxylic acids is 1. The monoisotopic (exact) mass is 152 g/mol. The summed E-state index contributed by atoms with van der Waals surface area (Å²) >= 11 is 0. The summed E-state index contributed by atoms with van der Waals surface area (Å²) in [7, 11) is 0. The lowest BCUT2D eigenvalue weighted by Crippen LogP contribution is -1.90. The van der Waals surface area contributed by atoms with Crippen molar-refractivity contribution >= 4 is 5.78 Å². The highest BCUT2D eigenvalue weighted by Crippen LogP contribution is 2.21. The molecule has 0 bridgehead atoms. The number of ether oxygens (including phenoxy) is 2. The molecule has 0 saturated carbocycles. The van der Waals surface area contributed by atoms with Gasteiger partial charge in [0.25, 0.3) is 5.95 Å². The van der Waals surface area contributed by atoms with E-state index in [0.29, 0.717) is 25.6 Å². The van der Waals surface area contributed by atoms with Crippen LogP contribution in [-0.4, -0.2) is 19.0 Å². The van der Waals surface area contributed by atoms with Gasteiger partial charge in [-0.05, 0) is 12.2 Å². The molecule has 1 aliphatic heterocycles. The first-order valence-corrected chi connectivity index (χ1v) is 3.56. The van der Waals surface area contributed by atoms with Gasteiger partial charge in [-0.2, -0.15) is 0 Å². The van der Waals surface area contributed by atoms with Gasteiger partial charge < -0.3 is 9.47 Å². The second kappa shape index (κ2) is 2.42. The van der Waals surface area contributed by atoms with Gasteiger partial charge in [0.2, 0.25) is 0 Å². The largest absolute Gasteiger partial charge is 0.462 e. The SMILES string of the molecule is O=C1C=CC(=C2OCCO2)C1. The van der Waals surface area contributed by atoms with E-state index in [2.05, 4.69) is 0 Å². The Morgan fingerprint density at radius 3 is 2.45 bits per heavy atom. The van der Waals surface area contributed by atoms with E-state index in [1.807, 2.05) is 0 Å². The fourth-order valence-electron chi connectivity index (χ4n) is 1.14. The second-order valence-corrected chi connectivity index (χ2v) is 2.49. The lowest BCUT2D eigenvalue weighted by Gasteiger charge is -1.98. The first-order valence-electron chi connectivity index (χ1n) is 3.56. The van der Waals surface area contributed by atoms with E-state index in [9.17, 15) is 4.79 Å². The maximum Gasteiger partial charge on any atom is 0.283 e. The number of hydrogen-bond donors (Lipinski definition) is 0. The quantitative estimate of drug-likeness (QED) is 0.514. The lowest BCUT2D eigenvalue weighted by atomic mass is 10.2. The Bertz CT molecular complexity index is 242. The topological polar surface area (TPSA) is 35.5 Å². The molecule has 3 heteroatoms.